The lowest BCUT2D eigenvalue weighted by Gasteiger charge is -2.02. The van der Waals surface area contributed by atoms with E-state index in [-0.39, 0.29) is 12.4 Å². The molecule has 0 fully saturated rings. The fourth-order valence-corrected chi connectivity index (χ4v) is 2.89. The van der Waals surface area contributed by atoms with E-state index in [1.807, 2.05) is 30.0 Å². The molecule has 20 heavy (non-hydrogen) atoms. The van der Waals surface area contributed by atoms with Gasteiger partial charge in [-0.1, -0.05) is 36.0 Å². The first kappa shape index (κ1) is 14.8. The predicted octanol–water partition coefficient (Wildman–Crippen LogP) is 0.356. The third-order valence-corrected chi connectivity index (χ3v) is 4.19. The van der Waals surface area contributed by atoms with Crippen LogP contribution in [0.5, 0.6) is 0 Å². The summed E-state index contributed by atoms with van der Waals surface area (Å²) < 4.78 is 2.13. The predicted molar refractivity (Wildman–Crippen MR) is 78.9 cm³/mol. The Morgan fingerprint density at radius 2 is 1.80 bits per heavy atom. The number of aromatic nitrogens is 2. The van der Waals surface area contributed by atoms with E-state index in [0.29, 0.717) is 0 Å². The fourth-order valence-electron chi connectivity index (χ4n) is 1.99. The van der Waals surface area contributed by atoms with Crippen LogP contribution in [-0.4, -0.2) is 4.98 Å². The van der Waals surface area contributed by atoms with E-state index in [2.05, 4.69) is 59.2 Å². The molecule has 0 saturated carbocycles. The van der Waals surface area contributed by atoms with Crippen LogP contribution in [0, 0.1) is 0 Å². The molecule has 0 spiro atoms. The minimum atomic E-state index is 0. The molecule has 2 heterocycles. The van der Waals surface area contributed by atoms with Crippen molar-refractivity contribution >= 4 is 22.7 Å². The van der Waals surface area contributed by atoms with Gasteiger partial charge in [-0.05, 0) is 18.2 Å². The maximum Gasteiger partial charge on any atom is 0.240 e. The first-order chi connectivity index (χ1) is 9.33. The van der Waals surface area contributed by atoms with Gasteiger partial charge in [0.25, 0.3) is 0 Å². The number of fused-ring (bicyclic) bond motifs is 1. The Bertz CT molecular complexity index is 715. The number of thioether (sulfide) groups is 1. The van der Waals surface area contributed by atoms with Crippen LogP contribution in [0.4, 0.5) is 0 Å². The van der Waals surface area contributed by atoms with Crippen molar-refractivity contribution < 1.29 is 17.0 Å². The molecule has 102 valence electrons. The molecular formula is C16H15ClN2S. The molecule has 0 radical (unpaired) electrons. The molecular weight excluding hydrogens is 288 g/mol. The summed E-state index contributed by atoms with van der Waals surface area (Å²) in [4.78, 5) is 4.69. The lowest BCUT2D eigenvalue weighted by atomic mass is 10.2. The highest BCUT2D eigenvalue weighted by Gasteiger charge is 2.06. The Morgan fingerprint density at radius 1 is 1.00 bits per heavy atom. The van der Waals surface area contributed by atoms with Crippen LogP contribution in [0.2, 0.25) is 0 Å². The number of aryl methyl sites for hydroxylation is 1. The van der Waals surface area contributed by atoms with Gasteiger partial charge >= 0.3 is 0 Å². The summed E-state index contributed by atoms with van der Waals surface area (Å²) in [5, 5.41) is 2.44. The molecule has 0 amide bonds. The molecule has 0 bridgehead atoms. The van der Waals surface area contributed by atoms with Crippen molar-refractivity contribution in [1.82, 2.24) is 4.98 Å². The summed E-state index contributed by atoms with van der Waals surface area (Å²) in [5.74, 6) is 0.892. The molecule has 0 unspecified atom stereocenters. The van der Waals surface area contributed by atoms with Crippen molar-refractivity contribution in [3.63, 3.8) is 0 Å². The van der Waals surface area contributed by atoms with Crippen LogP contribution < -0.4 is 17.0 Å². The summed E-state index contributed by atoms with van der Waals surface area (Å²) in [6.07, 6.45) is 2.07. The number of pyridine rings is 2. The van der Waals surface area contributed by atoms with Crippen LogP contribution >= 0.6 is 11.8 Å². The molecule has 0 aliphatic heterocycles. The van der Waals surface area contributed by atoms with Crippen LogP contribution in [0.1, 0.15) is 5.69 Å². The zero-order chi connectivity index (χ0) is 13.1. The fraction of sp³-hybridized carbons (Fsp3) is 0.125. The van der Waals surface area contributed by atoms with Crippen LogP contribution in [-0.2, 0) is 12.8 Å². The summed E-state index contributed by atoms with van der Waals surface area (Å²) >= 11 is 1.81. The molecule has 3 aromatic rings. The van der Waals surface area contributed by atoms with Crippen molar-refractivity contribution in [2.45, 2.75) is 10.8 Å². The standard InChI is InChI=1S/C16H15N2S.ClH/c1-18-11-5-4-8-16(18)19-12-14-10-9-13-6-2-3-7-15(13)17-14;/h2-11H,12H2,1H3;1H/q+1;/p-1. The number of benzene rings is 1. The topological polar surface area (TPSA) is 16.8 Å². The number of para-hydroxylation sites is 1. The van der Waals surface area contributed by atoms with Crippen LogP contribution in [0.3, 0.4) is 0 Å². The molecule has 0 atom stereocenters. The molecule has 1 aromatic carbocycles. The molecule has 0 aliphatic rings. The van der Waals surface area contributed by atoms with Gasteiger partial charge in [-0.3, -0.25) is 4.98 Å². The number of rotatable bonds is 3. The minimum Gasteiger partial charge on any atom is -1.00 e. The Balaban J connectivity index is 0.00000147. The van der Waals surface area contributed by atoms with Crippen molar-refractivity contribution in [2.24, 2.45) is 7.05 Å². The Hall–Kier alpha value is -1.58. The molecule has 0 saturated heterocycles. The monoisotopic (exact) mass is 302 g/mol. The average Bonchev–Trinajstić information content (AvgIpc) is 2.46. The smallest absolute Gasteiger partial charge is 0.240 e. The third-order valence-electron chi connectivity index (χ3n) is 3.03. The lowest BCUT2D eigenvalue weighted by Crippen LogP contribution is -3.00. The summed E-state index contributed by atoms with van der Waals surface area (Å²) in [6.45, 7) is 0. The van der Waals surface area contributed by atoms with E-state index >= 15 is 0 Å². The number of hydrogen-bond acceptors (Lipinski definition) is 2. The van der Waals surface area contributed by atoms with E-state index in [4.69, 9.17) is 0 Å². The second-order valence-electron chi connectivity index (χ2n) is 4.43. The minimum absolute atomic E-state index is 0. The Labute approximate surface area is 129 Å². The van der Waals surface area contributed by atoms with Gasteiger partial charge in [-0.15, -0.1) is 0 Å². The van der Waals surface area contributed by atoms with E-state index in [1.54, 1.807) is 0 Å². The van der Waals surface area contributed by atoms with Gasteiger partial charge < -0.3 is 12.4 Å². The van der Waals surface area contributed by atoms with Gasteiger partial charge in [0.1, 0.15) is 7.05 Å². The van der Waals surface area contributed by atoms with Gasteiger partial charge in [0.05, 0.1) is 11.2 Å². The number of halogens is 1. The summed E-state index contributed by atoms with van der Waals surface area (Å²) in [7, 11) is 2.07. The Morgan fingerprint density at radius 3 is 2.65 bits per heavy atom. The van der Waals surface area contributed by atoms with E-state index < -0.39 is 0 Å². The molecule has 2 nitrogen and oxygen atoms in total. The Kier molecular flexibility index (Phi) is 4.99. The van der Waals surface area contributed by atoms with E-state index in [9.17, 15) is 0 Å². The van der Waals surface area contributed by atoms with Crippen molar-refractivity contribution in [3.8, 4) is 0 Å². The molecule has 0 aliphatic carbocycles. The largest absolute Gasteiger partial charge is 1.00 e. The molecule has 2 aromatic heterocycles. The molecule has 0 N–H and O–H groups in total. The second-order valence-corrected chi connectivity index (χ2v) is 5.43. The van der Waals surface area contributed by atoms with Crippen LogP contribution in [0.15, 0.2) is 65.8 Å². The highest BCUT2D eigenvalue weighted by Crippen LogP contribution is 2.20. The van der Waals surface area contributed by atoms with Crippen molar-refractivity contribution in [1.29, 1.82) is 0 Å². The quantitative estimate of drug-likeness (QED) is 0.513. The lowest BCUT2D eigenvalue weighted by molar-refractivity contribution is -0.708. The maximum atomic E-state index is 4.69. The molecule has 3 rings (SSSR count). The summed E-state index contributed by atoms with van der Waals surface area (Å²) in [5.41, 5.74) is 2.19. The van der Waals surface area contributed by atoms with Gasteiger partial charge in [-0.2, -0.15) is 4.57 Å². The van der Waals surface area contributed by atoms with Crippen molar-refractivity contribution in [3.05, 3.63) is 66.5 Å². The van der Waals surface area contributed by atoms with E-state index in [0.717, 1.165) is 17.0 Å². The highest BCUT2D eigenvalue weighted by atomic mass is 35.5. The highest BCUT2D eigenvalue weighted by molar-refractivity contribution is 7.98. The van der Waals surface area contributed by atoms with Gasteiger partial charge in [-0.25, -0.2) is 0 Å². The van der Waals surface area contributed by atoms with Crippen LogP contribution in [0.25, 0.3) is 10.9 Å². The molecule has 4 heteroatoms. The first-order valence-electron chi connectivity index (χ1n) is 6.25. The average molecular weight is 303 g/mol. The number of nitrogens with zero attached hydrogens (tertiary/aromatic N) is 2. The normalized spacial score (nSPS) is 10.2. The maximum absolute atomic E-state index is 4.69. The zero-order valence-electron chi connectivity index (χ0n) is 11.2. The van der Waals surface area contributed by atoms with E-state index in [1.165, 1.54) is 10.4 Å². The number of hydrogen-bond donors (Lipinski definition) is 0. The second kappa shape index (κ2) is 6.73. The summed E-state index contributed by atoms with van der Waals surface area (Å²) in [6, 6.07) is 18.7. The zero-order valence-corrected chi connectivity index (χ0v) is 12.7. The van der Waals surface area contributed by atoms with Gasteiger partial charge in [0, 0.05) is 23.3 Å². The third kappa shape index (κ3) is 3.30. The van der Waals surface area contributed by atoms with Gasteiger partial charge in [0.15, 0.2) is 6.20 Å². The first-order valence-corrected chi connectivity index (χ1v) is 7.23. The van der Waals surface area contributed by atoms with Crippen molar-refractivity contribution in [2.75, 3.05) is 0 Å². The van der Waals surface area contributed by atoms with Gasteiger partial charge in [0.2, 0.25) is 5.03 Å². The SMILES string of the molecule is C[n+]1ccccc1SCc1ccc2ccccc2n1.[Cl-].